The molecule has 142 valence electrons. The van der Waals surface area contributed by atoms with Crippen LogP contribution in [0.5, 0.6) is 0 Å². The minimum absolute atomic E-state index is 0.0564. The van der Waals surface area contributed by atoms with E-state index in [2.05, 4.69) is 5.32 Å². The second kappa shape index (κ2) is 7.62. The highest BCUT2D eigenvalue weighted by Crippen LogP contribution is 2.27. The van der Waals surface area contributed by atoms with Gasteiger partial charge in [0.2, 0.25) is 15.9 Å². The largest absolute Gasteiger partial charge is 0.325 e. The van der Waals surface area contributed by atoms with Crippen LogP contribution in [0.4, 0.5) is 5.69 Å². The van der Waals surface area contributed by atoms with Crippen LogP contribution in [0.15, 0.2) is 53.4 Å². The zero-order valence-corrected chi connectivity index (χ0v) is 16.1. The third-order valence-electron chi connectivity index (χ3n) is 4.69. The van der Waals surface area contributed by atoms with Crippen LogP contribution in [0.3, 0.4) is 0 Å². The smallest absolute Gasteiger partial charge is 0.243 e. The molecule has 0 spiro atoms. The van der Waals surface area contributed by atoms with Gasteiger partial charge in [-0.25, -0.2) is 8.42 Å². The van der Waals surface area contributed by atoms with Gasteiger partial charge in [0.15, 0.2) is 5.78 Å². The van der Waals surface area contributed by atoms with Crippen molar-refractivity contribution in [2.24, 2.45) is 0 Å². The van der Waals surface area contributed by atoms with E-state index in [4.69, 9.17) is 0 Å². The number of hydrogen-bond donors (Lipinski definition) is 1. The van der Waals surface area contributed by atoms with Crippen molar-refractivity contribution in [1.29, 1.82) is 0 Å². The molecule has 3 rings (SSSR count). The average Bonchev–Trinajstić information content (AvgIpc) is 3.13. The molecule has 2 aromatic rings. The molecule has 0 aliphatic carbocycles. The van der Waals surface area contributed by atoms with E-state index in [9.17, 15) is 18.0 Å². The number of nitrogens with zero attached hydrogens (tertiary/aromatic N) is 1. The van der Waals surface area contributed by atoms with Crippen molar-refractivity contribution in [2.75, 3.05) is 11.9 Å². The number of anilines is 1. The van der Waals surface area contributed by atoms with E-state index >= 15 is 0 Å². The van der Waals surface area contributed by atoms with Crippen LogP contribution >= 0.6 is 0 Å². The molecular formula is C20H22N2O4S. The van der Waals surface area contributed by atoms with Gasteiger partial charge in [-0.2, -0.15) is 4.31 Å². The molecule has 0 bridgehead atoms. The summed E-state index contributed by atoms with van der Waals surface area (Å²) in [5.74, 6) is -0.419. The van der Waals surface area contributed by atoms with Crippen LogP contribution in [0.2, 0.25) is 0 Å². The molecule has 0 aromatic heterocycles. The van der Waals surface area contributed by atoms with Crippen molar-refractivity contribution < 1.29 is 18.0 Å². The molecule has 1 N–H and O–H groups in total. The zero-order chi connectivity index (χ0) is 19.6. The molecule has 27 heavy (non-hydrogen) atoms. The van der Waals surface area contributed by atoms with Crippen LogP contribution < -0.4 is 5.32 Å². The van der Waals surface area contributed by atoms with Crippen molar-refractivity contribution in [3.8, 4) is 0 Å². The molecule has 0 unspecified atom stereocenters. The topological polar surface area (TPSA) is 83.6 Å². The second-order valence-electron chi connectivity index (χ2n) is 6.71. The molecule has 2 aromatic carbocycles. The molecule has 1 fully saturated rings. The number of carbonyl (C=O) groups excluding carboxylic acids is 2. The monoisotopic (exact) mass is 386 g/mol. The average molecular weight is 386 g/mol. The first-order valence-corrected chi connectivity index (χ1v) is 10.2. The number of ketones is 1. The summed E-state index contributed by atoms with van der Waals surface area (Å²) in [6.07, 6.45) is 1.11. The Morgan fingerprint density at radius 3 is 2.26 bits per heavy atom. The number of sulfonamides is 1. The van der Waals surface area contributed by atoms with Crippen molar-refractivity contribution in [3.05, 3.63) is 59.7 Å². The van der Waals surface area contributed by atoms with Gasteiger partial charge in [0.05, 0.1) is 4.90 Å². The predicted molar refractivity (Wildman–Crippen MR) is 103 cm³/mol. The zero-order valence-electron chi connectivity index (χ0n) is 15.3. The molecule has 1 heterocycles. The van der Waals surface area contributed by atoms with Crippen molar-refractivity contribution in [1.82, 2.24) is 4.31 Å². The number of benzene rings is 2. The number of hydrogen-bond acceptors (Lipinski definition) is 4. The van der Waals surface area contributed by atoms with Gasteiger partial charge in [-0.1, -0.05) is 17.7 Å². The minimum atomic E-state index is -3.73. The molecule has 1 atom stereocenters. The molecule has 7 heteroatoms. The fourth-order valence-electron chi connectivity index (χ4n) is 3.15. The van der Waals surface area contributed by atoms with Crippen molar-refractivity contribution in [3.63, 3.8) is 0 Å². The lowest BCUT2D eigenvalue weighted by Crippen LogP contribution is -2.43. The summed E-state index contributed by atoms with van der Waals surface area (Å²) in [5, 5.41) is 2.76. The van der Waals surface area contributed by atoms with Crippen LogP contribution in [0.1, 0.15) is 35.7 Å². The van der Waals surface area contributed by atoms with Gasteiger partial charge < -0.3 is 5.32 Å². The summed E-state index contributed by atoms with van der Waals surface area (Å²) in [6.45, 7) is 3.68. The van der Waals surface area contributed by atoms with Gasteiger partial charge in [-0.15, -0.1) is 0 Å². The lowest BCUT2D eigenvalue weighted by atomic mass is 10.1. The summed E-state index contributed by atoms with van der Waals surface area (Å²) < 4.78 is 27.2. The summed E-state index contributed by atoms with van der Waals surface area (Å²) >= 11 is 0. The fraction of sp³-hybridized carbons (Fsp3) is 0.300. The van der Waals surface area contributed by atoms with Crippen molar-refractivity contribution in [2.45, 2.75) is 37.6 Å². The Bertz CT molecular complexity index is 950. The fourth-order valence-corrected chi connectivity index (χ4v) is 4.81. The van der Waals surface area contributed by atoms with Gasteiger partial charge in [0, 0.05) is 17.8 Å². The van der Waals surface area contributed by atoms with E-state index in [0.717, 1.165) is 5.56 Å². The van der Waals surface area contributed by atoms with Gasteiger partial charge in [0.1, 0.15) is 6.04 Å². The lowest BCUT2D eigenvalue weighted by Gasteiger charge is -2.23. The summed E-state index contributed by atoms with van der Waals surface area (Å²) in [6, 6.07) is 12.4. The maximum atomic E-state index is 12.9. The first-order chi connectivity index (χ1) is 12.8. The Morgan fingerprint density at radius 1 is 1.04 bits per heavy atom. The Kier molecular flexibility index (Phi) is 5.43. The normalized spacial score (nSPS) is 17.6. The number of amides is 1. The molecule has 1 aliphatic rings. The van der Waals surface area contributed by atoms with Gasteiger partial charge in [-0.05, 0) is 63.1 Å². The van der Waals surface area contributed by atoms with E-state index in [1.165, 1.54) is 11.2 Å². The highest BCUT2D eigenvalue weighted by molar-refractivity contribution is 7.89. The third-order valence-corrected chi connectivity index (χ3v) is 6.62. The standard InChI is InChI=1S/C20H22N2O4S/c1-14-5-11-18(12-6-14)27(25,26)22-13-3-4-19(22)20(24)21-17-9-7-16(8-10-17)15(2)23/h5-12,19H,3-4,13H2,1-2H3,(H,21,24)/t19-/m1/s1. The number of aryl methyl sites for hydroxylation is 1. The van der Waals surface area contributed by atoms with Crippen molar-refractivity contribution >= 4 is 27.4 Å². The highest BCUT2D eigenvalue weighted by Gasteiger charge is 2.39. The highest BCUT2D eigenvalue weighted by atomic mass is 32.2. The SMILES string of the molecule is CC(=O)c1ccc(NC(=O)[C@H]2CCCN2S(=O)(=O)c2ccc(C)cc2)cc1. The van der Waals surface area contributed by atoms with E-state index < -0.39 is 16.1 Å². The Hall–Kier alpha value is -2.51. The maximum absolute atomic E-state index is 12.9. The summed E-state index contributed by atoms with van der Waals surface area (Å²) in [7, 11) is -3.73. The van der Waals surface area contributed by atoms with Gasteiger partial charge in [-0.3, -0.25) is 9.59 Å². The Labute approximate surface area is 159 Å². The second-order valence-corrected chi connectivity index (χ2v) is 8.60. The van der Waals surface area contributed by atoms with E-state index in [1.807, 2.05) is 6.92 Å². The van der Waals surface area contributed by atoms with Crippen LogP contribution in [0.25, 0.3) is 0 Å². The molecular weight excluding hydrogens is 364 g/mol. The first kappa shape index (κ1) is 19.3. The molecule has 1 amide bonds. The number of Topliss-reactive ketones (excluding diaryl/α,β-unsaturated/α-hetero) is 1. The van der Waals surface area contributed by atoms with E-state index in [-0.39, 0.29) is 16.6 Å². The maximum Gasteiger partial charge on any atom is 0.243 e. The summed E-state index contributed by atoms with van der Waals surface area (Å²) in [5.41, 5.74) is 2.06. The molecule has 0 saturated carbocycles. The lowest BCUT2D eigenvalue weighted by molar-refractivity contribution is -0.119. The van der Waals surface area contributed by atoms with Crippen LogP contribution in [0, 0.1) is 6.92 Å². The Morgan fingerprint density at radius 2 is 1.67 bits per heavy atom. The van der Waals surface area contributed by atoms with Gasteiger partial charge >= 0.3 is 0 Å². The predicted octanol–water partition coefficient (Wildman–Crippen LogP) is 2.99. The van der Waals surface area contributed by atoms with Gasteiger partial charge in [0.25, 0.3) is 0 Å². The number of nitrogens with one attached hydrogen (secondary N) is 1. The minimum Gasteiger partial charge on any atom is -0.325 e. The molecule has 6 nitrogen and oxygen atoms in total. The Balaban J connectivity index is 1.78. The van der Waals surface area contributed by atoms with E-state index in [0.29, 0.717) is 30.6 Å². The quantitative estimate of drug-likeness (QED) is 0.801. The number of carbonyl (C=O) groups is 2. The molecule has 0 radical (unpaired) electrons. The third kappa shape index (κ3) is 4.09. The summed E-state index contributed by atoms with van der Waals surface area (Å²) in [4.78, 5) is 24.2. The molecule has 1 aliphatic heterocycles. The van der Waals surface area contributed by atoms with Crippen LogP contribution in [-0.2, 0) is 14.8 Å². The molecule has 1 saturated heterocycles. The van der Waals surface area contributed by atoms with Crippen LogP contribution in [-0.4, -0.2) is 37.0 Å². The van der Waals surface area contributed by atoms with E-state index in [1.54, 1.807) is 48.5 Å². The first-order valence-electron chi connectivity index (χ1n) is 8.79. The number of rotatable bonds is 5.